The van der Waals surface area contributed by atoms with Crippen molar-refractivity contribution in [2.24, 2.45) is 0 Å². The maximum absolute atomic E-state index is 13.4. The summed E-state index contributed by atoms with van der Waals surface area (Å²) in [5, 5.41) is 6.35. The monoisotopic (exact) mass is 596 g/mol. The molecule has 4 rings (SSSR count). The Balaban J connectivity index is 1.51. The highest BCUT2D eigenvalue weighted by Gasteiger charge is 2.28. The van der Waals surface area contributed by atoms with Gasteiger partial charge in [0.2, 0.25) is 5.91 Å². The van der Waals surface area contributed by atoms with Crippen molar-refractivity contribution < 1.29 is 23.9 Å². The Morgan fingerprint density at radius 1 is 0.976 bits per heavy atom. The SMILES string of the molecule is CC(C)(C)OC(=O)N[C@@H](CC(=O)OCc1ccccc1)C(=O)Nc1ccc(Cl)cc1Cc1nc2ccc(Cl)cc2[nH]1. The molecule has 0 saturated carbocycles. The van der Waals surface area contributed by atoms with Crippen LogP contribution in [-0.4, -0.2) is 39.6 Å². The summed E-state index contributed by atoms with van der Waals surface area (Å²) in [5.41, 5.74) is 2.60. The number of aromatic nitrogens is 2. The van der Waals surface area contributed by atoms with E-state index in [2.05, 4.69) is 20.6 Å². The van der Waals surface area contributed by atoms with Crippen molar-refractivity contribution in [2.75, 3.05) is 5.32 Å². The van der Waals surface area contributed by atoms with E-state index in [-0.39, 0.29) is 6.61 Å². The molecule has 1 heterocycles. The third-order valence-corrected chi connectivity index (χ3v) is 6.27. The Morgan fingerprint density at radius 3 is 2.41 bits per heavy atom. The van der Waals surface area contributed by atoms with E-state index in [0.29, 0.717) is 33.5 Å². The predicted molar refractivity (Wildman–Crippen MR) is 158 cm³/mol. The molecule has 11 heteroatoms. The van der Waals surface area contributed by atoms with Crippen LogP contribution in [0.15, 0.2) is 66.7 Å². The molecular weight excluding hydrogens is 567 g/mol. The third kappa shape index (κ3) is 8.96. The molecule has 1 atom stereocenters. The summed E-state index contributed by atoms with van der Waals surface area (Å²) in [6.45, 7) is 5.12. The van der Waals surface area contributed by atoms with E-state index in [1.165, 1.54) is 0 Å². The van der Waals surface area contributed by atoms with Crippen LogP contribution in [0.4, 0.5) is 10.5 Å². The highest BCUT2D eigenvalue weighted by molar-refractivity contribution is 6.31. The van der Waals surface area contributed by atoms with E-state index >= 15 is 0 Å². The summed E-state index contributed by atoms with van der Waals surface area (Å²) in [4.78, 5) is 46.5. The van der Waals surface area contributed by atoms with Crippen molar-refractivity contribution in [1.29, 1.82) is 0 Å². The lowest BCUT2D eigenvalue weighted by Crippen LogP contribution is -2.47. The van der Waals surface area contributed by atoms with E-state index in [1.807, 2.05) is 36.4 Å². The number of rotatable bonds is 9. The second-order valence-electron chi connectivity index (χ2n) is 10.4. The summed E-state index contributed by atoms with van der Waals surface area (Å²) in [5.74, 6) is -0.664. The van der Waals surface area contributed by atoms with Gasteiger partial charge in [-0.3, -0.25) is 9.59 Å². The number of nitrogens with zero attached hydrogens (tertiary/aromatic N) is 1. The number of amides is 2. The van der Waals surface area contributed by atoms with Gasteiger partial charge in [-0.05, 0) is 68.3 Å². The minimum absolute atomic E-state index is 0.0322. The molecule has 214 valence electrons. The molecule has 3 aromatic carbocycles. The van der Waals surface area contributed by atoms with Crippen LogP contribution in [0.5, 0.6) is 0 Å². The number of nitrogens with one attached hydrogen (secondary N) is 3. The molecule has 3 N–H and O–H groups in total. The first-order valence-electron chi connectivity index (χ1n) is 12.9. The number of aromatic amines is 1. The van der Waals surface area contributed by atoms with E-state index < -0.39 is 36.0 Å². The average Bonchev–Trinajstić information content (AvgIpc) is 3.29. The van der Waals surface area contributed by atoms with Crippen molar-refractivity contribution in [3.63, 3.8) is 0 Å². The largest absolute Gasteiger partial charge is 0.461 e. The van der Waals surface area contributed by atoms with Crippen molar-refractivity contribution in [2.45, 2.75) is 51.9 Å². The Labute approximate surface area is 247 Å². The predicted octanol–water partition coefficient (Wildman–Crippen LogP) is 6.43. The number of alkyl carbamates (subject to hydrolysis) is 1. The Morgan fingerprint density at radius 2 is 1.68 bits per heavy atom. The lowest BCUT2D eigenvalue weighted by Gasteiger charge is -2.23. The van der Waals surface area contributed by atoms with Crippen LogP contribution in [0, 0.1) is 0 Å². The van der Waals surface area contributed by atoms with Gasteiger partial charge in [0.05, 0.1) is 17.5 Å². The number of carbonyl (C=O) groups is 3. The molecule has 2 amide bonds. The van der Waals surface area contributed by atoms with Crippen LogP contribution >= 0.6 is 23.2 Å². The zero-order valence-electron chi connectivity index (χ0n) is 22.8. The van der Waals surface area contributed by atoms with Crippen LogP contribution in [0.25, 0.3) is 11.0 Å². The molecule has 0 fully saturated rings. The number of anilines is 1. The number of halogens is 2. The van der Waals surface area contributed by atoms with Crippen LogP contribution in [-0.2, 0) is 32.1 Å². The first-order chi connectivity index (χ1) is 19.4. The molecule has 41 heavy (non-hydrogen) atoms. The molecule has 0 unspecified atom stereocenters. The van der Waals surface area contributed by atoms with Crippen LogP contribution < -0.4 is 10.6 Å². The zero-order valence-corrected chi connectivity index (χ0v) is 24.3. The van der Waals surface area contributed by atoms with Crippen LogP contribution in [0.1, 0.15) is 44.1 Å². The van der Waals surface area contributed by atoms with Gasteiger partial charge in [-0.2, -0.15) is 0 Å². The van der Waals surface area contributed by atoms with Crippen molar-refractivity contribution in [1.82, 2.24) is 15.3 Å². The van der Waals surface area contributed by atoms with Gasteiger partial charge in [0.1, 0.15) is 24.1 Å². The molecule has 4 aromatic rings. The number of carbonyl (C=O) groups excluding carboxylic acids is 3. The summed E-state index contributed by atoms with van der Waals surface area (Å²) in [6, 6.07) is 18.2. The van der Waals surface area contributed by atoms with Crippen LogP contribution in [0.2, 0.25) is 10.0 Å². The van der Waals surface area contributed by atoms with E-state index in [9.17, 15) is 14.4 Å². The Bertz CT molecular complexity index is 1550. The quantitative estimate of drug-likeness (QED) is 0.191. The third-order valence-electron chi connectivity index (χ3n) is 5.80. The molecule has 0 bridgehead atoms. The molecule has 0 spiro atoms. The van der Waals surface area contributed by atoms with Gasteiger partial charge >= 0.3 is 12.1 Å². The maximum atomic E-state index is 13.4. The van der Waals surface area contributed by atoms with Gasteiger partial charge in [0, 0.05) is 22.2 Å². The number of fused-ring (bicyclic) bond motifs is 1. The van der Waals surface area contributed by atoms with Gasteiger partial charge in [0.15, 0.2) is 0 Å². The standard InChI is InChI=1S/C30H30Cl2N4O5/c1-30(2,3)41-29(39)36-25(16-27(37)40-17-18-7-5-4-6-8-18)28(38)35-22-11-9-20(31)13-19(22)14-26-33-23-12-10-21(32)15-24(23)34-26/h4-13,15,25H,14,16-17H2,1-3H3,(H,33,34)(H,35,38)(H,36,39)/t25-/m0/s1. The lowest BCUT2D eigenvalue weighted by molar-refractivity contribution is -0.146. The van der Waals surface area contributed by atoms with Gasteiger partial charge in [0.25, 0.3) is 0 Å². The summed E-state index contributed by atoms with van der Waals surface area (Å²) < 4.78 is 10.7. The van der Waals surface area contributed by atoms with E-state index in [0.717, 1.165) is 16.6 Å². The molecule has 1 aromatic heterocycles. The number of ether oxygens (including phenoxy) is 2. The number of imidazole rings is 1. The highest BCUT2D eigenvalue weighted by Crippen LogP contribution is 2.25. The van der Waals surface area contributed by atoms with E-state index in [4.69, 9.17) is 32.7 Å². The fraction of sp³-hybridized carbons (Fsp3) is 0.267. The summed E-state index contributed by atoms with van der Waals surface area (Å²) in [6.07, 6.45) is -0.942. The second kappa shape index (κ2) is 13.1. The molecule has 0 aliphatic rings. The van der Waals surface area contributed by atoms with Crippen LogP contribution in [0.3, 0.4) is 0 Å². The number of hydrogen-bond donors (Lipinski definition) is 3. The maximum Gasteiger partial charge on any atom is 0.408 e. The van der Waals surface area contributed by atoms with Gasteiger partial charge in [-0.1, -0.05) is 53.5 Å². The fourth-order valence-corrected chi connectivity index (χ4v) is 4.34. The summed E-state index contributed by atoms with van der Waals surface area (Å²) in [7, 11) is 0. The smallest absolute Gasteiger partial charge is 0.408 e. The molecule has 0 aliphatic carbocycles. The van der Waals surface area contributed by atoms with Crippen molar-refractivity contribution in [3.8, 4) is 0 Å². The lowest BCUT2D eigenvalue weighted by atomic mass is 10.1. The van der Waals surface area contributed by atoms with Gasteiger partial charge in [-0.15, -0.1) is 0 Å². The number of hydrogen-bond acceptors (Lipinski definition) is 6. The summed E-state index contributed by atoms with van der Waals surface area (Å²) >= 11 is 12.4. The molecular formula is C30H30Cl2N4O5. The number of H-pyrrole nitrogens is 1. The second-order valence-corrected chi connectivity index (χ2v) is 11.2. The number of esters is 1. The fourth-order valence-electron chi connectivity index (χ4n) is 3.97. The van der Waals surface area contributed by atoms with Crippen molar-refractivity contribution in [3.05, 3.63) is 93.7 Å². The molecule has 0 saturated heterocycles. The van der Waals surface area contributed by atoms with E-state index in [1.54, 1.807) is 51.1 Å². The average molecular weight is 597 g/mol. The Kier molecular flexibility index (Phi) is 9.52. The first-order valence-corrected chi connectivity index (χ1v) is 13.6. The first kappa shape index (κ1) is 29.9. The highest BCUT2D eigenvalue weighted by atomic mass is 35.5. The topological polar surface area (TPSA) is 122 Å². The Hall–Kier alpha value is -4.08. The molecule has 0 aliphatic heterocycles. The van der Waals surface area contributed by atoms with Crippen molar-refractivity contribution >= 4 is 57.9 Å². The molecule has 9 nitrogen and oxygen atoms in total. The molecule has 0 radical (unpaired) electrons. The zero-order chi connectivity index (χ0) is 29.6. The number of benzene rings is 3. The minimum Gasteiger partial charge on any atom is -0.461 e. The van der Waals surface area contributed by atoms with Gasteiger partial charge < -0.3 is 25.1 Å². The normalized spacial score (nSPS) is 12.0. The minimum atomic E-state index is -1.27. The van der Waals surface area contributed by atoms with Gasteiger partial charge in [-0.25, -0.2) is 9.78 Å².